The molecule has 0 spiro atoms. The highest BCUT2D eigenvalue weighted by atomic mass is 35.5. The maximum atomic E-state index is 13.1. The van der Waals surface area contributed by atoms with Gasteiger partial charge in [-0.1, -0.05) is 0 Å². The second kappa shape index (κ2) is 7.29. The molecule has 2 fully saturated rings. The van der Waals surface area contributed by atoms with Crippen LogP contribution in [-0.2, 0) is 4.79 Å². The van der Waals surface area contributed by atoms with Gasteiger partial charge in [0.05, 0.1) is 12.8 Å². The number of nitrogens with one attached hydrogen (secondary N) is 2. The molecule has 2 heterocycles. The van der Waals surface area contributed by atoms with E-state index in [0.29, 0.717) is 35.9 Å². The molecule has 2 bridgehead atoms. The minimum atomic E-state index is -0.375. The van der Waals surface area contributed by atoms with E-state index >= 15 is 0 Å². The number of piperidine rings is 1. The summed E-state index contributed by atoms with van der Waals surface area (Å²) in [6, 6.07) is 5.31. The van der Waals surface area contributed by atoms with Gasteiger partial charge < -0.3 is 15.4 Å². The molecule has 0 saturated carbocycles. The van der Waals surface area contributed by atoms with Crippen LogP contribution in [0, 0.1) is 11.7 Å². The summed E-state index contributed by atoms with van der Waals surface area (Å²) < 4.78 is 18.2. The largest absolute Gasteiger partial charge is 0.494 e. The second-order valence-corrected chi connectivity index (χ2v) is 6.07. The van der Waals surface area contributed by atoms with Crippen LogP contribution in [0.3, 0.4) is 0 Å². The summed E-state index contributed by atoms with van der Waals surface area (Å²) in [5.41, 5.74) is 0.529. The predicted molar refractivity (Wildman–Crippen MR) is 86.1 cm³/mol. The maximum Gasteiger partial charge on any atom is 0.224 e. The zero-order valence-corrected chi connectivity index (χ0v) is 13.4. The van der Waals surface area contributed by atoms with Gasteiger partial charge in [0.25, 0.3) is 0 Å². The van der Waals surface area contributed by atoms with Crippen molar-refractivity contribution < 1.29 is 13.9 Å². The lowest BCUT2D eigenvalue weighted by Crippen LogP contribution is -2.39. The molecule has 6 heteroatoms. The van der Waals surface area contributed by atoms with E-state index in [1.54, 1.807) is 0 Å². The molecule has 0 aliphatic carbocycles. The van der Waals surface area contributed by atoms with Gasteiger partial charge in [0.15, 0.2) is 0 Å². The molecule has 1 aromatic carbocycles. The second-order valence-electron chi connectivity index (χ2n) is 6.07. The predicted octanol–water partition coefficient (Wildman–Crippen LogP) is 3.12. The lowest BCUT2D eigenvalue weighted by atomic mass is 9.89. The van der Waals surface area contributed by atoms with Crippen molar-refractivity contribution in [2.45, 2.75) is 44.2 Å². The number of anilines is 1. The number of rotatable bonds is 4. The van der Waals surface area contributed by atoms with Crippen molar-refractivity contribution in [3.05, 3.63) is 24.0 Å². The summed E-state index contributed by atoms with van der Waals surface area (Å²) in [6.07, 6.45) is 5.13. The lowest BCUT2D eigenvalue weighted by molar-refractivity contribution is -0.117. The Morgan fingerprint density at radius 1 is 1.36 bits per heavy atom. The average Bonchev–Trinajstić information content (AvgIpc) is 2.80. The Hall–Kier alpha value is -1.33. The lowest BCUT2D eigenvalue weighted by Gasteiger charge is -2.28. The minimum absolute atomic E-state index is 0. The van der Waals surface area contributed by atoms with Gasteiger partial charge in [-0.05, 0) is 43.7 Å². The van der Waals surface area contributed by atoms with Gasteiger partial charge >= 0.3 is 0 Å². The Bertz CT molecular complexity index is 529. The molecule has 2 atom stereocenters. The van der Waals surface area contributed by atoms with Crippen LogP contribution < -0.4 is 15.4 Å². The third-order valence-electron chi connectivity index (χ3n) is 4.48. The molecule has 2 aliphatic rings. The quantitative estimate of drug-likeness (QED) is 0.893. The Labute approximate surface area is 136 Å². The number of ether oxygens (including phenoxy) is 1. The van der Waals surface area contributed by atoms with E-state index < -0.39 is 0 Å². The summed E-state index contributed by atoms with van der Waals surface area (Å²) in [5, 5.41) is 6.41. The van der Waals surface area contributed by atoms with Crippen molar-refractivity contribution in [3.8, 4) is 5.75 Å². The van der Waals surface area contributed by atoms with E-state index in [1.165, 1.54) is 38.2 Å². The standard InChI is InChI=1S/C16H21FN2O2.ClH/c1-21-15-9-11(17)2-5-14(15)19-16(20)8-10-6-12-3-4-13(7-10)18-12;/h2,5,9-10,12-13,18H,3-4,6-8H2,1H3,(H,19,20);1H. The number of carbonyl (C=O) groups is 1. The number of halogens is 2. The van der Waals surface area contributed by atoms with Gasteiger partial charge in [-0.15, -0.1) is 12.4 Å². The molecule has 2 N–H and O–H groups in total. The summed E-state index contributed by atoms with van der Waals surface area (Å²) in [5.74, 6) is 0.398. The fraction of sp³-hybridized carbons (Fsp3) is 0.562. The van der Waals surface area contributed by atoms with Gasteiger partial charge in [-0.25, -0.2) is 4.39 Å². The molecular weight excluding hydrogens is 307 g/mol. The number of amides is 1. The topological polar surface area (TPSA) is 50.4 Å². The van der Waals surface area contributed by atoms with E-state index in [2.05, 4.69) is 10.6 Å². The summed E-state index contributed by atoms with van der Waals surface area (Å²) in [4.78, 5) is 12.2. The molecule has 22 heavy (non-hydrogen) atoms. The van der Waals surface area contributed by atoms with E-state index in [1.807, 2.05) is 0 Å². The third-order valence-corrected chi connectivity index (χ3v) is 4.48. The number of benzene rings is 1. The molecule has 4 nitrogen and oxygen atoms in total. The molecule has 0 aromatic heterocycles. The summed E-state index contributed by atoms with van der Waals surface area (Å²) >= 11 is 0. The van der Waals surface area contributed by atoms with Gasteiger partial charge in [0.2, 0.25) is 5.91 Å². The van der Waals surface area contributed by atoms with E-state index in [4.69, 9.17) is 4.74 Å². The Balaban J connectivity index is 0.00000176. The van der Waals surface area contributed by atoms with Crippen LogP contribution in [0.15, 0.2) is 18.2 Å². The van der Waals surface area contributed by atoms with Crippen LogP contribution >= 0.6 is 12.4 Å². The molecule has 1 aromatic rings. The number of fused-ring (bicyclic) bond motifs is 2. The number of hydrogen-bond donors (Lipinski definition) is 2. The van der Waals surface area contributed by atoms with Crippen LogP contribution in [0.4, 0.5) is 10.1 Å². The van der Waals surface area contributed by atoms with Crippen LogP contribution in [0.2, 0.25) is 0 Å². The molecule has 2 saturated heterocycles. The van der Waals surface area contributed by atoms with Gasteiger partial charge in [-0.2, -0.15) is 0 Å². The normalized spacial score (nSPS) is 26.2. The van der Waals surface area contributed by atoms with E-state index in [0.717, 1.165) is 12.8 Å². The minimum Gasteiger partial charge on any atom is -0.494 e. The Kier molecular flexibility index (Phi) is 5.64. The van der Waals surface area contributed by atoms with Crippen molar-refractivity contribution in [1.82, 2.24) is 5.32 Å². The number of hydrogen-bond acceptors (Lipinski definition) is 3. The van der Waals surface area contributed by atoms with Crippen molar-refractivity contribution in [2.24, 2.45) is 5.92 Å². The van der Waals surface area contributed by atoms with Gasteiger partial charge in [0, 0.05) is 24.6 Å². The molecule has 122 valence electrons. The number of carbonyl (C=O) groups excluding carboxylic acids is 1. The first-order valence-electron chi connectivity index (χ1n) is 7.53. The zero-order chi connectivity index (χ0) is 14.8. The molecule has 0 radical (unpaired) electrons. The Morgan fingerprint density at radius 2 is 2.05 bits per heavy atom. The highest BCUT2D eigenvalue weighted by Gasteiger charge is 2.34. The monoisotopic (exact) mass is 328 g/mol. The maximum absolute atomic E-state index is 13.1. The highest BCUT2D eigenvalue weighted by molar-refractivity contribution is 5.92. The SMILES string of the molecule is COc1cc(F)ccc1NC(=O)CC1CC2CCC(C1)N2.Cl. The van der Waals surface area contributed by atoms with Crippen molar-refractivity contribution in [3.63, 3.8) is 0 Å². The van der Waals surface area contributed by atoms with Crippen LogP contribution in [-0.4, -0.2) is 25.1 Å². The molecule has 2 aliphatic heterocycles. The van der Waals surface area contributed by atoms with Gasteiger partial charge in [0.1, 0.15) is 11.6 Å². The van der Waals surface area contributed by atoms with Crippen molar-refractivity contribution in [1.29, 1.82) is 0 Å². The molecular formula is C16H22ClFN2O2. The first kappa shape index (κ1) is 17.0. The fourth-order valence-corrected chi connectivity index (χ4v) is 3.57. The van der Waals surface area contributed by atoms with Crippen molar-refractivity contribution in [2.75, 3.05) is 12.4 Å². The molecule has 1 amide bonds. The fourth-order valence-electron chi connectivity index (χ4n) is 3.57. The smallest absolute Gasteiger partial charge is 0.224 e. The zero-order valence-electron chi connectivity index (χ0n) is 12.6. The van der Waals surface area contributed by atoms with Crippen molar-refractivity contribution >= 4 is 24.0 Å². The molecule has 3 rings (SSSR count). The first-order valence-corrected chi connectivity index (χ1v) is 7.53. The van der Waals surface area contributed by atoms with Gasteiger partial charge in [-0.3, -0.25) is 4.79 Å². The summed E-state index contributed by atoms with van der Waals surface area (Å²) in [6.45, 7) is 0. The van der Waals surface area contributed by atoms with Crippen LogP contribution in [0.1, 0.15) is 32.1 Å². The highest BCUT2D eigenvalue weighted by Crippen LogP contribution is 2.33. The van der Waals surface area contributed by atoms with Crippen LogP contribution in [0.5, 0.6) is 5.75 Å². The molecule has 2 unspecified atom stereocenters. The Morgan fingerprint density at radius 3 is 2.68 bits per heavy atom. The van der Waals surface area contributed by atoms with E-state index in [-0.39, 0.29) is 24.1 Å². The first-order chi connectivity index (χ1) is 10.1. The van der Waals surface area contributed by atoms with E-state index in [9.17, 15) is 9.18 Å². The van der Waals surface area contributed by atoms with Crippen LogP contribution in [0.25, 0.3) is 0 Å². The number of methoxy groups -OCH3 is 1. The average molecular weight is 329 g/mol. The summed E-state index contributed by atoms with van der Waals surface area (Å²) in [7, 11) is 1.47. The third kappa shape index (κ3) is 3.90.